The van der Waals surface area contributed by atoms with Crippen LogP contribution in [-0.2, 0) is 4.74 Å². The lowest BCUT2D eigenvalue weighted by molar-refractivity contribution is -0.385. The number of rotatable bonds is 7. The fourth-order valence-corrected chi connectivity index (χ4v) is 1.95. The van der Waals surface area contributed by atoms with Crippen molar-refractivity contribution in [3.8, 4) is 0 Å². The van der Waals surface area contributed by atoms with Crippen molar-refractivity contribution in [3.05, 3.63) is 38.3 Å². The van der Waals surface area contributed by atoms with Crippen LogP contribution >= 0.6 is 15.9 Å². The second-order valence-corrected chi connectivity index (χ2v) is 4.97. The first-order valence-electron chi connectivity index (χ1n) is 6.17. The highest BCUT2D eigenvalue weighted by molar-refractivity contribution is 9.10. The minimum absolute atomic E-state index is 0.138. The van der Waals surface area contributed by atoms with Crippen LogP contribution in [0, 0.1) is 10.1 Å². The second kappa shape index (κ2) is 7.89. The molecular weight excluding hydrogens is 314 g/mol. The van der Waals surface area contributed by atoms with E-state index in [9.17, 15) is 14.9 Å². The average molecular weight is 330 g/mol. The molecule has 0 atom stereocenters. The third kappa shape index (κ3) is 4.98. The lowest BCUT2D eigenvalue weighted by atomic mass is 10.2. The Morgan fingerprint density at radius 2 is 2.11 bits per heavy atom. The van der Waals surface area contributed by atoms with E-state index in [-0.39, 0.29) is 11.3 Å². The van der Waals surface area contributed by atoms with Crippen molar-refractivity contribution >= 4 is 27.6 Å². The van der Waals surface area contributed by atoms with Gasteiger partial charge in [-0.1, -0.05) is 26.2 Å². The van der Waals surface area contributed by atoms with Gasteiger partial charge in [0.15, 0.2) is 0 Å². The Hall–Kier alpha value is -1.43. The molecule has 19 heavy (non-hydrogen) atoms. The van der Waals surface area contributed by atoms with Gasteiger partial charge in [-0.25, -0.2) is 4.79 Å². The summed E-state index contributed by atoms with van der Waals surface area (Å²) < 4.78 is 5.42. The molecule has 0 amide bonds. The minimum atomic E-state index is -0.540. The number of carbonyl (C=O) groups is 1. The first kappa shape index (κ1) is 15.6. The van der Waals surface area contributed by atoms with Crippen LogP contribution in [0.3, 0.4) is 0 Å². The highest BCUT2D eigenvalue weighted by atomic mass is 79.9. The smallest absolute Gasteiger partial charge is 0.338 e. The lowest BCUT2D eigenvalue weighted by Crippen LogP contribution is -2.07. The molecule has 0 heterocycles. The fraction of sp³-hybridized carbons (Fsp3) is 0.462. The molecule has 0 bridgehead atoms. The lowest BCUT2D eigenvalue weighted by Gasteiger charge is -2.05. The van der Waals surface area contributed by atoms with Crippen LogP contribution < -0.4 is 0 Å². The quantitative estimate of drug-likeness (QED) is 0.327. The molecule has 0 saturated heterocycles. The Labute approximate surface area is 120 Å². The largest absolute Gasteiger partial charge is 0.462 e. The molecule has 0 aliphatic carbocycles. The molecule has 0 aliphatic heterocycles. The molecular formula is C13H16BrNO4. The van der Waals surface area contributed by atoms with Crippen molar-refractivity contribution < 1.29 is 14.5 Å². The van der Waals surface area contributed by atoms with E-state index in [1.807, 2.05) is 0 Å². The predicted octanol–water partition coefficient (Wildman–Crippen LogP) is 4.09. The number of benzene rings is 1. The molecule has 0 aromatic heterocycles. The van der Waals surface area contributed by atoms with Gasteiger partial charge < -0.3 is 4.74 Å². The zero-order valence-corrected chi connectivity index (χ0v) is 12.3. The molecule has 0 radical (unpaired) electrons. The van der Waals surface area contributed by atoms with Crippen LogP contribution in [-0.4, -0.2) is 17.5 Å². The number of esters is 1. The summed E-state index contributed by atoms with van der Waals surface area (Å²) in [7, 11) is 0. The van der Waals surface area contributed by atoms with Crippen LogP contribution in [0.25, 0.3) is 0 Å². The molecule has 5 nitrogen and oxygen atoms in total. The third-order valence-electron chi connectivity index (χ3n) is 2.61. The molecule has 1 rings (SSSR count). The van der Waals surface area contributed by atoms with E-state index in [4.69, 9.17) is 4.74 Å². The summed E-state index contributed by atoms with van der Waals surface area (Å²) in [4.78, 5) is 21.9. The number of nitrogens with zero attached hydrogens (tertiary/aromatic N) is 1. The molecule has 1 aromatic rings. The van der Waals surface area contributed by atoms with Gasteiger partial charge in [-0.05, 0) is 34.5 Å². The van der Waals surface area contributed by atoms with Crippen LogP contribution in [0.5, 0.6) is 0 Å². The van der Waals surface area contributed by atoms with E-state index in [1.165, 1.54) is 18.2 Å². The summed E-state index contributed by atoms with van der Waals surface area (Å²) in [5.74, 6) is -0.521. The van der Waals surface area contributed by atoms with Crippen molar-refractivity contribution in [2.24, 2.45) is 0 Å². The highest BCUT2D eigenvalue weighted by Crippen LogP contribution is 2.25. The van der Waals surface area contributed by atoms with Crippen LogP contribution in [0.4, 0.5) is 5.69 Å². The maximum atomic E-state index is 11.7. The normalized spacial score (nSPS) is 10.2. The van der Waals surface area contributed by atoms with Crippen molar-refractivity contribution in [2.45, 2.75) is 32.6 Å². The number of ether oxygens (including phenoxy) is 1. The van der Waals surface area contributed by atoms with Gasteiger partial charge in [0.25, 0.3) is 5.69 Å². The van der Waals surface area contributed by atoms with Crippen molar-refractivity contribution in [3.63, 3.8) is 0 Å². The van der Waals surface area contributed by atoms with Gasteiger partial charge in [-0.15, -0.1) is 0 Å². The van der Waals surface area contributed by atoms with Crippen molar-refractivity contribution in [1.29, 1.82) is 0 Å². The van der Waals surface area contributed by atoms with Gasteiger partial charge >= 0.3 is 5.97 Å². The Kier molecular flexibility index (Phi) is 6.49. The maximum absolute atomic E-state index is 11.7. The second-order valence-electron chi connectivity index (χ2n) is 4.12. The van der Waals surface area contributed by atoms with E-state index in [0.29, 0.717) is 11.1 Å². The van der Waals surface area contributed by atoms with Gasteiger partial charge in [0.1, 0.15) is 0 Å². The predicted molar refractivity (Wildman–Crippen MR) is 75.2 cm³/mol. The molecule has 0 aliphatic rings. The number of carbonyl (C=O) groups excluding carboxylic acids is 1. The summed E-state index contributed by atoms with van der Waals surface area (Å²) >= 11 is 3.07. The van der Waals surface area contributed by atoms with E-state index in [2.05, 4.69) is 22.9 Å². The Balaban J connectivity index is 2.57. The summed E-state index contributed by atoms with van der Waals surface area (Å²) in [6, 6.07) is 4.20. The third-order valence-corrected chi connectivity index (χ3v) is 3.28. The van der Waals surface area contributed by atoms with E-state index < -0.39 is 10.9 Å². The summed E-state index contributed by atoms with van der Waals surface area (Å²) in [5.41, 5.74) is 0.0609. The Morgan fingerprint density at radius 1 is 1.37 bits per heavy atom. The minimum Gasteiger partial charge on any atom is -0.462 e. The molecule has 1 aromatic carbocycles. The number of halogens is 1. The van der Waals surface area contributed by atoms with Gasteiger partial charge in [0.05, 0.1) is 21.6 Å². The van der Waals surface area contributed by atoms with Crippen LogP contribution in [0.15, 0.2) is 22.7 Å². The van der Waals surface area contributed by atoms with Gasteiger partial charge in [0.2, 0.25) is 0 Å². The SMILES string of the molecule is CCCCCCOC(=O)c1ccc(Br)c([N+](=O)[O-])c1. The topological polar surface area (TPSA) is 69.4 Å². The highest BCUT2D eigenvalue weighted by Gasteiger charge is 2.16. The van der Waals surface area contributed by atoms with E-state index in [0.717, 1.165) is 25.7 Å². The van der Waals surface area contributed by atoms with E-state index >= 15 is 0 Å². The number of unbranched alkanes of at least 4 members (excludes halogenated alkanes) is 3. The summed E-state index contributed by atoms with van der Waals surface area (Å²) in [6.07, 6.45) is 4.07. The van der Waals surface area contributed by atoms with Gasteiger partial charge in [-0.3, -0.25) is 10.1 Å². The first-order chi connectivity index (χ1) is 9.06. The van der Waals surface area contributed by atoms with Crippen molar-refractivity contribution in [1.82, 2.24) is 0 Å². The molecule has 104 valence electrons. The zero-order chi connectivity index (χ0) is 14.3. The Morgan fingerprint density at radius 3 is 2.74 bits per heavy atom. The summed E-state index contributed by atoms with van der Waals surface area (Å²) in [5, 5.41) is 10.8. The van der Waals surface area contributed by atoms with Gasteiger partial charge in [0, 0.05) is 6.07 Å². The number of nitro benzene ring substituents is 1. The number of hydrogen-bond acceptors (Lipinski definition) is 4. The standard InChI is InChI=1S/C13H16BrNO4/c1-2-3-4-5-8-19-13(16)10-6-7-11(14)12(9-10)15(17)18/h6-7,9H,2-5,8H2,1H3. The van der Waals surface area contributed by atoms with Gasteiger partial charge in [-0.2, -0.15) is 0 Å². The van der Waals surface area contributed by atoms with E-state index in [1.54, 1.807) is 0 Å². The average Bonchev–Trinajstić information content (AvgIpc) is 2.38. The molecule has 0 spiro atoms. The molecule has 6 heteroatoms. The van der Waals surface area contributed by atoms with Crippen LogP contribution in [0.2, 0.25) is 0 Å². The summed E-state index contributed by atoms with van der Waals surface area (Å²) in [6.45, 7) is 2.45. The zero-order valence-electron chi connectivity index (χ0n) is 10.7. The first-order valence-corrected chi connectivity index (χ1v) is 6.96. The molecule has 0 saturated carbocycles. The van der Waals surface area contributed by atoms with Crippen LogP contribution in [0.1, 0.15) is 43.0 Å². The number of nitro groups is 1. The monoisotopic (exact) mass is 329 g/mol. The molecule has 0 unspecified atom stereocenters. The molecule has 0 N–H and O–H groups in total. The molecule has 0 fully saturated rings. The Bertz CT molecular complexity index is 462. The maximum Gasteiger partial charge on any atom is 0.338 e. The fourth-order valence-electron chi connectivity index (χ4n) is 1.56. The van der Waals surface area contributed by atoms with Crippen molar-refractivity contribution in [2.75, 3.05) is 6.61 Å². The number of hydrogen-bond donors (Lipinski definition) is 0.